The van der Waals surface area contributed by atoms with Gasteiger partial charge >= 0.3 is 5.97 Å². The van der Waals surface area contributed by atoms with E-state index in [1.54, 1.807) is 39.0 Å². The smallest absolute Gasteiger partial charge is 0.347 e. The van der Waals surface area contributed by atoms with Crippen molar-refractivity contribution in [1.29, 1.82) is 0 Å². The summed E-state index contributed by atoms with van der Waals surface area (Å²) in [5.41, 5.74) is 0.187. The molecule has 1 aromatic carbocycles. The molecule has 0 aliphatic rings. The average molecular weight is 304 g/mol. The molecule has 0 aromatic heterocycles. The minimum Gasteiger partial charge on any atom is -0.457 e. The maximum Gasteiger partial charge on any atom is 0.347 e. The number of ether oxygens (including phenoxy) is 1. The van der Waals surface area contributed by atoms with E-state index < -0.39 is 11.6 Å². The standard InChI is InChI=1S/C13H15Cl2NO3/c1-13(2,3)19-12(17)8-18-16-7-9-4-5-10(14)11(15)6-9/h4-7H,8H2,1-3H3. The van der Waals surface area contributed by atoms with Crippen LogP contribution >= 0.6 is 23.2 Å². The van der Waals surface area contributed by atoms with Crippen LogP contribution in [0.5, 0.6) is 0 Å². The van der Waals surface area contributed by atoms with Gasteiger partial charge in [-0.3, -0.25) is 0 Å². The Labute approximate surface area is 122 Å². The summed E-state index contributed by atoms with van der Waals surface area (Å²) in [5.74, 6) is -0.473. The van der Waals surface area contributed by atoms with E-state index in [1.165, 1.54) is 6.21 Å². The highest BCUT2D eigenvalue weighted by Crippen LogP contribution is 2.21. The average Bonchev–Trinajstić information content (AvgIpc) is 2.27. The van der Waals surface area contributed by atoms with Crippen molar-refractivity contribution in [3.8, 4) is 0 Å². The van der Waals surface area contributed by atoms with E-state index in [1.807, 2.05) is 0 Å². The SMILES string of the molecule is CC(C)(C)OC(=O)CON=Cc1ccc(Cl)c(Cl)c1. The fourth-order valence-electron chi connectivity index (χ4n) is 1.15. The van der Waals surface area contributed by atoms with Crippen LogP contribution < -0.4 is 0 Å². The summed E-state index contributed by atoms with van der Waals surface area (Å²) in [6, 6.07) is 5.03. The molecule has 0 fully saturated rings. The van der Waals surface area contributed by atoms with E-state index in [0.29, 0.717) is 10.0 Å². The lowest BCUT2D eigenvalue weighted by Gasteiger charge is -2.18. The van der Waals surface area contributed by atoms with E-state index in [4.69, 9.17) is 32.8 Å². The Morgan fingerprint density at radius 1 is 1.32 bits per heavy atom. The van der Waals surface area contributed by atoms with E-state index in [2.05, 4.69) is 5.16 Å². The van der Waals surface area contributed by atoms with Gasteiger partial charge in [0.15, 0.2) is 0 Å². The summed E-state index contributed by atoms with van der Waals surface area (Å²) >= 11 is 11.6. The van der Waals surface area contributed by atoms with Crippen LogP contribution in [0.2, 0.25) is 10.0 Å². The Kier molecular flexibility index (Phi) is 5.63. The molecule has 0 saturated carbocycles. The van der Waals surface area contributed by atoms with Gasteiger partial charge in [-0.1, -0.05) is 34.4 Å². The highest BCUT2D eigenvalue weighted by atomic mass is 35.5. The summed E-state index contributed by atoms with van der Waals surface area (Å²) in [6.07, 6.45) is 1.44. The first kappa shape index (κ1) is 15.8. The molecule has 0 heterocycles. The van der Waals surface area contributed by atoms with Crippen LogP contribution in [-0.4, -0.2) is 24.4 Å². The number of carbonyl (C=O) groups excluding carboxylic acids is 1. The number of halogens is 2. The molecule has 1 aromatic rings. The lowest BCUT2D eigenvalue weighted by atomic mass is 10.2. The van der Waals surface area contributed by atoms with Gasteiger partial charge in [0.2, 0.25) is 6.61 Å². The van der Waals surface area contributed by atoms with E-state index in [0.717, 1.165) is 5.56 Å². The Hall–Kier alpha value is -1.26. The van der Waals surface area contributed by atoms with Crippen LogP contribution in [-0.2, 0) is 14.4 Å². The van der Waals surface area contributed by atoms with Crippen LogP contribution in [0.4, 0.5) is 0 Å². The Morgan fingerprint density at radius 3 is 2.58 bits per heavy atom. The van der Waals surface area contributed by atoms with Gasteiger partial charge in [0.1, 0.15) is 5.60 Å². The number of nitrogens with zero attached hydrogens (tertiary/aromatic N) is 1. The second-order valence-corrected chi connectivity index (χ2v) is 5.58. The first-order chi connectivity index (χ1) is 8.78. The lowest BCUT2D eigenvalue weighted by molar-refractivity contribution is -0.160. The number of oxime groups is 1. The number of rotatable bonds is 4. The minimum absolute atomic E-state index is 0.241. The third-order valence-electron chi connectivity index (χ3n) is 1.82. The van der Waals surface area contributed by atoms with E-state index in [9.17, 15) is 4.79 Å². The van der Waals surface area contributed by atoms with Gasteiger partial charge in [0.05, 0.1) is 16.3 Å². The highest BCUT2D eigenvalue weighted by molar-refractivity contribution is 6.42. The third kappa shape index (κ3) is 6.45. The fraction of sp³-hybridized carbons (Fsp3) is 0.385. The maximum absolute atomic E-state index is 11.3. The molecule has 0 aliphatic heterocycles. The van der Waals surface area contributed by atoms with Gasteiger partial charge in [-0.05, 0) is 38.5 Å². The van der Waals surface area contributed by atoms with Gasteiger partial charge in [-0.15, -0.1) is 0 Å². The van der Waals surface area contributed by atoms with E-state index in [-0.39, 0.29) is 6.61 Å². The molecule has 4 nitrogen and oxygen atoms in total. The number of hydrogen-bond acceptors (Lipinski definition) is 4. The molecule has 1 rings (SSSR count). The zero-order valence-corrected chi connectivity index (χ0v) is 12.5. The van der Waals surface area contributed by atoms with Crippen LogP contribution in [0.25, 0.3) is 0 Å². The second kappa shape index (κ2) is 6.78. The van der Waals surface area contributed by atoms with Gasteiger partial charge in [-0.2, -0.15) is 0 Å². The molecule has 0 N–H and O–H groups in total. The summed E-state index contributed by atoms with van der Waals surface area (Å²) < 4.78 is 5.05. The minimum atomic E-state index is -0.534. The number of esters is 1. The Bertz CT molecular complexity index is 481. The van der Waals surface area contributed by atoms with Crippen molar-refractivity contribution in [1.82, 2.24) is 0 Å². The quantitative estimate of drug-likeness (QED) is 0.484. The number of benzene rings is 1. The van der Waals surface area contributed by atoms with E-state index >= 15 is 0 Å². The van der Waals surface area contributed by atoms with Gasteiger partial charge in [-0.25, -0.2) is 4.79 Å². The number of carbonyl (C=O) groups is 1. The van der Waals surface area contributed by atoms with Crippen molar-refractivity contribution < 1.29 is 14.4 Å². The van der Waals surface area contributed by atoms with Crippen molar-refractivity contribution in [2.45, 2.75) is 26.4 Å². The van der Waals surface area contributed by atoms with Gasteiger partial charge in [0, 0.05) is 0 Å². The van der Waals surface area contributed by atoms with Gasteiger partial charge < -0.3 is 9.57 Å². The molecule has 0 amide bonds. The second-order valence-electron chi connectivity index (χ2n) is 4.77. The summed E-state index contributed by atoms with van der Waals surface area (Å²) in [7, 11) is 0. The Balaban J connectivity index is 2.42. The summed E-state index contributed by atoms with van der Waals surface area (Å²) in [6.45, 7) is 5.10. The normalized spacial score (nSPS) is 11.6. The molecule has 19 heavy (non-hydrogen) atoms. The molecule has 0 saturated heterocycles. The molecule has 0 atom stereocenters. The highest BCUT2D eigenvalue weighted by Gasteiger charge is 2.16. The Morgan fingerprint density at radius 2 is 2.00 bits per heavy atom. The molecular weight excluding hydrogens is 289 g/mol. The zero-order valence-electron chi connectivity index (χ0n) is 10.9. The van der Waals surface area contributed by atoms with Crippen molar-refractivity contribution in [2.24, 2.45) is 5.16 Å². The molecular formula is C13H15Cl2NO3. The van der Waals surface area contributed by atoms with Crippen molar-refractivity contribution >= 4 is 35.4 Å². The van der Waals surface area contributed by atoms with Crippen molar-refractivity contribution in [2.75, 3.05) is 6.61 Å². The van der Waals surface area contributed by atoms with Crippen LogP contribution in [0.15, 0.2) is 23.4 Å². The van der Waals surface area contributed by atoms with Crippen molar-refractivity contribution in [3.05, 3.63) is 33.8 Å². The lowest BCUT2D eigenvalue weighted by Crippen LogP contribution is -2.26. The number of hydrogen-bond donors (Lipinski definition) is 0. The van der Waals surface area contributed by atoms with Crippen LogP contribution in [0.3, 0.4) is 0 Å². The predicted molar refractivity (Wildman–Crippen MR) is 75.9 cm³/mol. The first-order valence-corrected chi connectivity index (χ1v) is 6.36. The molecule has 6 heteroatoms. The van der Waals surface area contributed by atoms with Crippen molar-refractivity contribution in [3.63, 3.8) is 0 Å². The monoisotopic (exact) mass is 303 g/mol. The molecule has 0 bridgehead atoms. The molecule has 0 unspecified atom stereocenters. The van der Waals surface area contributed by atoms with Crippen LogP contribution in [0.1, 0.15) is 26.3 Å². The summed E-state index contributed by atoms with van der Waals surface area (Å²) in [5, 5.41) is 4.55. The molecule has 0 spiro atoms. The maximum atomic E-state index is 11.3. The largest absolute Gasteiger partial charge is 0.457 e. The first-order valence-electron chi connectivity index (χ1n) is 5.60. The topological polar surface area (TPSA) is 47.9 Å². The fourth-order valence-corrected chi connectivity index (χ4v) is 1.46. The molecule has 0 radical (unpaired) electrons. The predicted octanol–water partition coefficient (Wildman–Crippen LogP) is 3.69. The third-order valence-corrected chi connectivity index (χ3v) is 2.56. The summed E-state index contributed by atoms with van der Waals surface area (Å²) in [4.78, 5) is 16.1. The molecule has 104 valence electrons. The molecule has 0 aliphatic carbocycles. The van der Waals surface area contributed by atoms with Crippen LogP contribution in [0, 0.1) is 0 Å². The zero-order chi connectivity index (χ0) is 14.5. The van der Waals surface area contributed by atoms with Gasteiger partial charge in [0.25, 0.3) is 0 Å².